The Morgan fingerprint density at radius 3 is 2.03 bits per heavy atom. The first-order valence-corrected chi connectivity index (χ1v) is 14.1. The largest absolute Gasteiger partial charge is 0.459 e. The molecule has 1 N–H and O–H groups in total. The zero-order chi connectivity index (χ0) is 27.8. The molecule has 0 aliphatic heterocycles. The van der Waals surface area contributed by atoms with E-state index in [0.717, 1.165) is 44.9 Å². The number of hydrogen-bond donors (Lipinski definition) is 1. The number of carbonyl (C=O) groups excluding carboxylic acids is 4. The second kappa shape index (κ2) is 9.11. The lowest BCUT2D eigenvalue weighted by atomic mass is 9.48. The predicted octanol–water partition coefficient (Wildman–Crippen LogP) is 3.09. The number of ether oxygens (including phenoxy) is 4. The Hall–Kier alpha value is -2.30. The molecule has 4 atom stereocenters. The van der Waals surface area contributed by atoms with E-state index in [2.05, 4.69) is 4.74 Å². The van der Waals surface area contributed by atoms with E-state index in [1.54, 1.807) is 0 Å². The van der Waals surface area contributed by atoms with Gasteiger partial charge in [-0.1, -0.05) is 0 Å². The van der Waals surface area contributed by atoms with Crippen molar-refractivity contribution in [2.75, 3.05) is 13.2 Å². The van der Waals surface area contributed by atoms with E-state index in [9.17, 15) is 33.1 Å². The summed E-state index contributed by atoms with van der Waals surface area (Å²) < 4.78 is 47.3. The van der Waals surface area contributed by atoms with E-state index in [1.165, 1.54) is 0 Å². The smallest absolute Gasteiger partial charge is 0.377 e. The van der Waals surface area contributed by atoms with Crippen molar-refractivity contribution in [2.24, 2.45) is 35.0 Å². The zero-order valence-electron chi connectivity index (χ0n) is 22.1. The molecule has 0 saturated heterocycles. The maximum atomic E-state index is 13.3. The maximum absolute atomic E-state index is 13.3. The second-order valence-electron chi connectivity index (χ2n) is 13.6. The Kier molecular flexibility index (Phi) is 6.28. The lowest BCUT2D eigenvalue weighted by molar-refractivity contribution is -0.224. The van der Waals surface area contributed by atoms with E-state index in [0.29, 0.717) is 44.4 Å². The van der Waals surface area contributed by atoms with Crippen molar-refractivity contribution < 1.29 is 52.0 Å². The monoisotopic (exact) mass is 554 g/mol. The number of carbonyl (C=O) groups is 4. The highest BCUT2D eigenvalue weighted by atomic mass is 19.3. The number of alkyl halides is 2. The third-order valence-corrected chi connectivity index (χ3v) is 10.2. The fourth-order valence-electron chi connectivity index (χ4n) is 9.66. The molecule has 9 nitrogen and oxygen atoms in total. The van der Waals surface area contributed by atoms with Crippen LogP contribution < -0.4 is 0 Å². The van der Waals surface area contributed by atoms with Gasteiger partial charge in [0, 0.05) is 13.3 Å². The molecule has 0 aromatic carbocycles. The molecule has 8 fully saturated rings. The van der Waals surface area contributed by atoms with Gasteiger partial charge in [-0.05, 0) is 93.8 Å². The van der Waals surface area contributed by atoms with Crippen LogP contribution in [0.5, 0.6) is 0 Å². The zero-order valence-corrected chi connectivity index (χ0v) is 22.1. The molecular formula is C28H36F2O9. The first-order chi connectivity index (χ1) is 18.3. The standard InChI is InChI=1S/C28H36F2O9/c1-25(29,30)23(33)36-12-20(31)38-22-18-3-15-4-19(22)11-26(5-15,10-18)24(34)37-13-21(32)39-28-8-16-2-17(9-28)7-27(35,6-16)14-28/h15-19,22,35H,2-14H2,1H3. The molecule has 0 heterocycles. The lowest BCUT2D eigenvalue weighted by Gasteiger charge is -2.59. The molecule has 0 aromatic rings. The van der Waals surface area contributed by atoms with E-state index in [1.807, 2.05) is 0 Å². The summed E-state index contributed by atoms with van der Waals surface area (Å²) in [7, 11) is 0. The summed E-state index contributed by atoms with van der Waals surface area (Å²) >= 11 is 0. The normalized spacial score (nSPS) is 43.2. The summed E-state index contributed by atoms with van der Waals surface area (Å²) in [6.07, 6.45) is 7.14. The van der Waals surface area contributed by atoms with E-state index in [4.69, 9.17) is 14.2 Å². The summed E-state index contributed by atoms with van der Waals surface area (Å²) in [5, 5.41) is 10.9. The molecule has 0 radical (unpaired) electrons. The Morgan fingerprint density at radius 1 is 0.821 bits per heavy atom. The van der Waals surface area contributed by atoms with Gasteiger partial charge in [0.25, 0.3) is 0 Å². The van der Waals surface area contributed by atoms with Crippen molar-refractivity contribution >= 4 is 23.9 Å². The Labute approximate surface area is 225 Å². The van der Waals surface area contributed by atoms with E-state index in [-0.39, 0.29) is 17.8 Å². The van der Waals surface area contributed by atoms with Crippen LogP contribution in [0.1, 0.15) is 77.6 Å². The number of rotatable bonds is 8. The van der Waals surface area contributed by atoms with Gasteiger partial charge in [0.1, 0.15) is 11.7 Å². The molecule has 216 valence electrons. The van der Waals surface area contributed by atoms with Gasteiger partial charge >= 0.3 is 29.8 Å². The van der Waals surface area contributed by atoms with Crippen LogP contribution in [0.25, 0.3) is 0 Å². The fourth-order valence-corrected chi connectivity index (χ4v) is 9.66. The molecule has 39 heavy (non-hydrogen) atoms. The number of esters is 4. The second-order valence-corrected chi connectivity index (χ2v) is 13.6. The highest BCUT2D eigenvalue weighted by molar-refractivity contribution is 5.82. The third-order valence-electron chi connectivity index (χ3n) is 10.2. The molecule has 0 spiro atoms. The van der Waals surface area contributed by atoms with Crippen LogP contribution in [0.15, 0.2) is 0 Å². The van der Waals surface area contributed by atoms with Gasteiger partial charge in [0.05, 0.1) is 11.0 Å². The van der Waals surface area contributed by atoms with Crippen molar-refractivity contribution in [2.45, 2.75) is 101 Å². The van der Waals surface area contributed by atoms with Crippen LogP contribution in [-0.2, 0) is 38.1 Å². The molecule has 0 aromatic heterocycles. The maximum Gasteiger partial charge on any atom is 0.377 e. The van der Waals surface area contributed by atoms with Gasteiger partial charge in [-0.15, -0.1) is 0 Å². The average Bonchev–Trinajstić information content (AvgIpc) is 2.80. The minimum Gasteiger partial charge on any atom is -0.459 e. The summed E-state index contributed by atoms with van der Waals surface area (Å²) in [5.74, 6) is -6.61. The summed E-state index contributed by atoms with van der Waals surface area (Å²) in [5.41, 5.74) is -2.18. The molecule has 11 heteroatoms. The van der Waals surface area contributed by atoms with Crippen LogP contribution >= 0.6 is 0 Å². The SMILES string of the molecule is CC(F)(F)C(=O)OCC(=O)OC1C2CC3CC1CC(C(=O)OCC(=O)OC14CC5CC(CC(O)(C5)C1)C4)(C3)C2. The van der Waals surface area contributed by atoms with Gasteiger partial charge in [-0.3, -0.25) is 4.79 Å². The van der Waals surface area contributed by atoms with Crippen LogP contribution in [-0.4, -0.2) is 65.4 Å². The molecule has 8 bridgehead atoms. The Morgan fingerprint density at radius 2 is 1.44 bits per heavy atom. The summed E-state index contributed by atoms with van der Waals surface area (Å²) in [6.45, 7) is -0.969. The highest BCUT2D eigenvalue weighted by Crippen LogP contribution is 2.61. The molecule has 0 amide bonds. The average molecular weight is 555 g/mol. The molecular weight excluding hydrogens is 518 g/mol. The predicted molar refractivity (Wildman–Crippen MR) is 127 cm³/mol. The number of halogens is 2. The first kappa shape index (κ1) is 26.9. The lowest BCUT2D eigenvalue weighted by Crippen LogP contribution is -2.60. The van der Waals surface area contributed by atoms with Crippen molar-refractivity contribution in [3.63, 3.8) is 0 Å². The fraction of sp³-hybridized carbons (Fsp3) is 0.857. The van der Waals surface area contributed by atoms with E-state index >= 15 is 0 Å². The highest BCUT2D eigenvalue weighted by Gasteiger charge is 2.61. The minimum absolute atomic E-state index is 0.101. The summed E-state index contributed by atoms with van der Waals surface area (Å²) in [6, 6.07) is 0. The molecule has 8 saturated carbocycles. The van der Waals surface area contributed by atoms with Gasteiger partial charge in [-0.25, -0.2) is 14.4 Å². The van der Waals surface area contributed by atoms with Crippen LogP contribution in [0.3, 0.4) is 0 Å². The van der Waals surface area contributed by atoms with Gasteiger partial charge < -0.3 is 24.1 Å². The molecule has 8 aliphatic carbocycles. The van der Waals surface area contributed by atoms with Gasteiger partial charge in [0.15, 0.2) is 13.2 Å². The molecule has 8 aliphatic rings. The number of aliphatic hydroxyl groups is 1. The van der Waals surface area contributed by atoms with Gasteiger partial charge in [0.2, 0.25) is 0 Å². The van der Waals surface area contributed by atoms with Crippen LogP contribution in [0.4, 0.5) is 8.78 Å². The van der Waals surface area contributed by atoms with Gasteiger partial charge in [-0.2, -0.15) is 8.78 Å². The Bertz CT molecular complexity index is 1040. The quantitative estimate of drug-likeness (QED) is 0.356. The van der Waals surface area contributed by atoms with Crippen molar-refractivity contribution in [3.05, 3.63) is 0 Å². The van der Waals surface area contributed by atoms with Crippen LogP contribution in [0.2, 0.25) is 0 Å². The first-order valence-electron chi connectivity index (χ1n) is 14.1. The number of hydrogen-bond acceptors (Lipinski definition) is 9. The Balaban J connectivity index is 1.02. The third kappa shape index (κ3) is 5.04. The van der Waals surface area contributed by atoms with E-state index < -0.39 is 65.7 Å². The molecule has 4 unspecified atom stereocenters. The van der Waals surface area contributed by atoms with Crippen molar-refractivity contribution in [1.29, 1.82) is 0 Å². The molecule has 8 rings (SSSR count). The van der Waals surface area contributed by atoms with Crippen molar-refractivity contribution in [1.82, 2.24) is 0 Å². The minimum atomic E-state index is -3.70. The van der Waals surface area contributed by atoms with Crippen LogP contribution in [0, 0.1) is 35.0 Å². The topological polar surface area (TPSA) is 125 Å². The summed E-state index contributed by atoms with van der Waals surface area (Å²) in [4.78, 5) is 49.6. The van der Waals surface area contributed by atoms with Crippen molar-refractivity contribution in [3.8, 4) is 0 Å².